The van der Waals surface area contributed by atoms with Gasteiger partial charge < -0.3 is 5.32 Å². The first-order valence-corrected chi connectivity index (χ1v) is 11.0. The minimum Gasteiger partial charge on any atom is -0.326 e. The van der Waals surface area contributed by atoms with Crippen LogP contribution in [0.2, 0.25) is 0 Å². The summed E-state index contributed by atoms with van der Waals surface area (Å²) in [5.41, 5.74) is 4.46. The number of carbonyl (C=O) groups is 1. The Morgan fingerprint density at radius 2 is 1.75 bits per heavy atom. The first kappa shape index (κ1) is 20.0. The molecule has 0 aliphatic carbocycles. The van der Waals surface area contributed by atoms with E-state index in [9.17, 15) is 13.2 Å². The molecule has 0 saturated heterocycles. The summed E-state index contributed by atoms with van der Waals surface area (Å²) in [4.78, 5) is 16.6. The van der Waals surface area contributed by atoms with Gasteiger partial charge in [-0.25, -0.2) is 13.4 Å². The number of nitrogens with one attached hydrogen (secondary N) is 2. The highest BCUT2D eigenvalue weighted by molar-refractivity contribution is 7.93. The number of anilines is 2. The van der Waals surface area contributed by atoms with E-state index in [2.05, 4.69) is 15.0 Å². The summed E-state index contributed by atoms with van der Waals surface area (Å²) in [5, 5.41) is 4.74. The lowest BCUT2D eigenvalue weighted by molar-refractivity contribution is -0.115. The average molecular weight is 416 g/mol. The Bertz CT molecular complexity index is 1100. The van der Waals surface area contributed by atoms with Gasteiger partial charge in [0, 0.05) is 11.1 Å². The van der Waals surface area contributed by atoms with Crippen LogP contribution < -0.4 is 10.0 Å². The summed E-state index contributed by atoms with van der Waals surface area (Å²) in [7, 11) is -3.71. The third-order valence-corrected chi connectivity index (χ3v) is 6.53. The van der Waals surface area contributed by atoms with Crippen LogP contribution in [0.15, 0.2) is 52.7 Å². The second-order valence-electron chi connectivity index (χ2n) is 6.59. The molecule has 2 N–H and O–H groups in total. The summed E-state index contributed by atoms with van der Waals surface area (Å²) in [6.07, 6.45) is 0.0652. The van der Waals surface area contributed by atoms with Crippen LogP contribution in [0.5, 0.6) is 0 Å². The zero-order chi connectivity index (χ0) is 20.3. The van der Waals surface area contributed by atoms with Gasteiger partial charge in [0.05, 0.1) is 17.0 Å². The van der Waals surface area contributed by atoms with E-state index in [1.165, 1.54) is 0 Å². The fraction of sp³-hybridized carbons (Fsp3) is 0.200. The standard InChI is InChI=1S/C20H21N3O3S2/c1-13-4-8-18(9-5-13)28(25,26)23-20-22-17(12-27-20)11-19(24)21-16-7-6-14(2)15(3)10-16/h4-10,12H,11H2,1-3H3,(H,21,24)(H,22,23). The van der Waals surface area contributed by atoms with E-state index in [1.54, 1.807) is 29.6 Å². The quantitative estimate of drug-likeness (QED) is 0.636. The molecule has 0 atom stereocenters. The number of benzene rings is 2. The van der Waals surface area contributed by atoms with Crippen molar-refractivity contribution in [2.45, 2.75) is 32.1 Å². The molecular formula is C20H21N3O3S2. The Balaban J connectivity index is 1.64. The van der Waals surface area contributed by atoms with Crippen LogP contribution in [0.1, 0.15) is 22.4 Å². The molecule has 0 fully saturated rings. The van der Waals surface area contributed by atoms with Crippen LogP contribution in [-0.4, -0.2) is 19.3 Å². The SMILES string of the molecule is Cc1ccc(S(=O)(=O)Nc2nc(CC(=O)Nc3ccc(C)c(C)c3)cs2)cc1. The number of carbonyl (C=O) groups excluding carboxylic acids is 1. The van der Waals surface area contributed by atoms with Gasteiger partial charge in [0.1, 0.15) is 0 Å². The average Bonchev–Trinajstić information content (AvgIpc) is 3.04. The van der Waals surface area contributed by atoms with E-state index in [0.717, 1.165) is 33.7 Å². The zero-order valence-electron chi connectivity index (χ0n) is 15.8. The number of sulfonamides is 1. The number of rotatable bonds is 6. The van der Waals surface area contributed by atoms with Gasteiger partial charge in [-0.05, 0) is 56.2 Å². The molecule has 3 rings (SSSR count). The van der Waals surface area contributed by atoms with Crippen molar-refractivity contribution in [3.8, 4) is 0 Å². The molecule has 1 amide bonds. The van der Waals surface area contributed by atoms with Crippen molar-refractivity contribution in [2.75, 3.05) is 10.0 Å². The van der Waals surface area contributed by atoms with E-state index in [0.29, 0.717) is 5.69 Å². The molecule has 28 heavy (non-hydrogen) atoms. The molecule has 6 nitrogen and oxygen atoms in total. The molecule has 0 unspecified atom stereocenters. The summed E-state index contributed by atoms with van der Waals surface area (Å²) in [5.74, 6) is -0.207. The summed E-state index contributed by atoms with van der Waals surface area (Å²) in [6, 6.07) is 12.3. The molecule has 0 aliphatic rings. The van der Waals surface area contributed by atoms with E-state index < -0.39 is 10.0 Å². The van der Waals surface area contributed by atoms with Crippen molar-refractivity contribution in [2.24, 2.45) is 0 Å². The van der Waals surface area contributed by atoms with E-state index >= 15 is 0 Å². The Morgan fingerprint density at radius 3 is 2.43 bits per heavy atom. The summed E-state index contributed by atoms with van der Waals surface area (Å²) in [6.45, 7) is 5.88. The predicted molar refractivity (Wildman–Crippen MR) is 112 cm³/mol. The van der Waals surface area contributed by atoms with Crippen LogP contribution in [0, 0.1) is 20.8 Å². The summed E-state index contributed by atoms with van der Waals surface area (Å²) >= 11 is 1.15. The number of aromatic nitrogens is 1. The van der Waals surface area contributed by atoms with Crippen LogP contribution in [0.25, 0.3) is 0 Å². The zero-order valence-corrected chi connectivity index (χ0v) is 17.4. The lowest BCUT2D eigenvalue weighted by Crippen LogP contribution is -2.15. The second kappa shape index (κ2) is 8.12. The first-order valence-electron chi connectivity index (χ1n) is 8.64. The number of hydrogen-bond acceptors (Lipinski definition) is 5. The maximum atomic E-state index is 12.4. The van der Waals surface area contributed by atoms with Crippen molar-refractivity contribution in [1.82, 2.24) is 4.98 Å². The van der Waals surface area contributed by atoms with Gasteiger partial charge in [-0.2, -0.15) is 0 Å². The molecule has 146 valence electrons. The maximum absolute atomic E-state index is 12.4. The van der Waals surface area contributed by atoms with Gasteiger partial charge in [-0.15, -0.1) is 11.3 Å². The van der Waals surface area contributed by atoms with Gasteiger partial charge in [-0.1, -0.05) is 23.8 Å². The van der Waals surface area contributed by atoms with Crippen molar-refractivity contribution in [1.29, 1.82) is 0 Å². The van der Waals surface area contributed by atoms with Gasteiger partial charge in [0.25, 0.3) is 10.0 Å². The predicted octanol–water partition coefficient (Wildman–Crippen LogP) is 4.05. The number of aryl methyl sites for hydroxylation is 3. The second-order valence-corrected chi connectivity index (χ2v) is 9.13. The Morgan fingerprint density at radius 1 is 1.04 bits per heavy atom. The Labute approximate surface area is 168 Å². The van der Waals surface area contributed by atoms with Gasteiger partial charge >= 0.3 is 0 Å². The van der Waals surface area contributed by atoms with Crippen LogP contribution >= 0.6 is 11.3 Å². The van der Waals surface area contributed by atoms with Gasteiger partial charge in [0.2, 0.25) is 5.91 Å². The first-order chi connectivity index (χ1) is 13.2. The van der Waals surface area contributed by atoms with E-state index in [-0.39, 0.29) is 22.4 Å². The van der Waals surface area contributed by atoms with Crippen molar-refractivity contribution in [3.05, 3.63) is 70.2 Å². The molecule has 8 heteroatoms. The van der Waals surface area contributed by atoms with Crippen molar-refractivity contribution in [3.63, 3.8) is 0 Å². The third-order valence-electron chi connectivity index (χ3n) is 4.24. The highest BCUT2D eigenvalue weighted by Crippen LogP contribution is 2.21. The van der Waals surface area contributed by atoms with Crippen molar-refractivity contribution < 1.29 is 13.2 Å². The molecule has 0 radical (unpaired) electrons. The molecule has 1 aromatic heterocycles. The fourth-order valence-electron chi connectivity index (χ4n) is 2.52. The summed E-state index contributed by atoms with van der Waals surface area (Å²) < 4.78 is 27.3. The van der Waals surface area contributed by atoms with E-state index in [1.807, 2.05) is 39.0 Å². The van der Waals surface area contributed by atoms with Crippen LogP contribution in [-0.2, 0) is 21.2 Å². The molecule has 3 aromatic rings. The smallest absolute Gasteiger partial charge is 0.263 e. The maximum Gasteiger partial charge on any atom is 0.263 e. The molecule has 1 heterocycles. The monoisotopic (exact) mass is 415 g/mol. The van der Waals surface area contributed by atoms with E-state index in [4.69, 9.17) is 0 Å². The number of amides is 1. The number of hydrogen-bond donors (Lipinski definition) is 2. The lowest BCUT2D eigenvalue weighted by atomic mass is 10.1. The minimum absolute atomic E-state index is 0.0652. The molecular weight excluding hydrogens is 394 g/mol. The number of thiazole rings is 1. The highest BCUT2D eigenvalue weighted by atomic mass is 32.2. The molecule has 0 aliphatic heterocycles. The molecule has 0 spiro atoms. The molecule has 0 bridgehead atoms. The molecule has 2 aromatic carbocycles. The third kappa shape index (κ3) is 4.96. The van der Waals surface area contributed by atoms with Gasteiger partial charge in [0.15, 0.2) is 5.13 Å². The largest absolute Gasteiger partial charge is 0.326 e. The lowest BCUT2D eigenvalue weighted by Gasteiger charge is -2.07. The Kier molecular flexibility index (Phi) is 5.81. The minimum atomic E-state index is -3.71. The normalized spacial score (nSPS) is 11.2. The topological polar surface area (TPSA) is 88.2 Å². The molecule has 0 saturated carbocycles. The fourth-order valence-corrected chi connectivity index (χ4v) is 4.48. The van der Waals surface area contributed by atoms with Crippen LogP contribution in [0.3, 0.4) is 0 Å². The highest BCUT2D eigenvalue weighted by Gasteiger charge is 2.16. The van der Waals surface area contributed by atoms with Crippen molar-refractivity contribution >= 4 is 38.1 Å². The van der Waals surface area contributed by atoms with Gasteiger partial charge in [-0.3, -0.25) is 9.52 Å². The Hall–Kier alpha value is -2.71. The van der Waals surface area contributed by atoms with Crippen LogP contribution in [0.4, 0.5) is 10.8 Å². The number of nitrogens with zero attached hydrogens (tertiary/aromatic N) is 1.